The Kier molecular flexibility index (Phi) is 3.19. The molecule has 1 rings (SSSR count). The predicted molar refractivity (Wildman–Crippen MR) is 51.9 cm³/mol. The molecule has 0 nitrogen and oxygen atoms in total. The third-order valence-corrected chi connectivity index (χ3v) is 2.61. The van der Waals surface area contributed by atoms with Crippen molar-refractivity contribution in [2.24, 2.45) is 0 Å². The van der Waals surface area contributed by atoms with Crippen molar-refractivity contribution in [3.8, 4) is 0 Å². The standard InChI is InChI=1S/C7H6BClF3S/c1-13-5-2-3-6(7(9)4-5)8(10,11)12/h2-4H,1H3/q-1. The van der Waals surface area contributed by atoms with Gasteiger partial charge < -0.3 is 12.9 Å². The van der Waals surface area contributed by atoms with Crippen molar-refractivity contribution in [3.63, 3.8) is 0 Å². The van der Waals surface area contributed by atoms with Gasteiger partial charge in [0.1, 0.15) is 0 Å². The minimum atomic E-state index is -4.99. The summed E-state index contributed by atoms with van der Waals surface area (Å²) in [6.45, 7) is -4.99. The van der Waals surface area contributed by atoms with Gasteiger partial charge in [-0.25, -0.2) is 0 Å². The van der Waals surface area contributed by atoms with Crippen LogP contribution in [-0.2, 0) is 0 Å². The van der Waals surface area contributed by atoms with Crippen molar-refractivity contribution in [1.29, 1.82) is 0 Å². The Morgan fingerprint density at radius 2 is 1.92 bits per heavy atom. The maximum atomic E-state index is 12.3. The third kappa shape index (κ3) is 2.58. The fraction of sp³-hybridized carbons (Fsp3) is 0.143. The molecule has 0 unspecified atom stereocenters. The van der Waals surface area contributed by atoms with Crippen LogP contribution in [0.15, 0.2) is 23.1 Å². The van der Waals surface area contributed by atoms with Gasteiger partial charge in [0.15, 0.2) is 0 Å². The van der Waals surface area contributed by atoms with Crippen LogP contribution in [0, 0.1) is 0 Å². The van der Waals surface area contributed by atoms with Crippen LogP contribution in [0.5, 0.6) is 0 Å². The van der Waals surface area contributed by atoms with Crippen LogP contribution in [0.3, 0.4) is 0 Å². The van der Waals surface area contributed by atoms with Gasteiger partial charge in [-0.2, -0.15) is 0 Å². The monoisotopic (exact) mass is 225 g/mol. The van der Waals surface area contributed by atoms with E-state index in [9.17, 15) is 12.9 Å². The molecule has 1 aromatic carbocycles. The molecule has 0 aliphatic rings. The Morgan fingerprint density at radius 1 is 1.31 bits per heavy atom. The Hall–Kier alpha value is -0.285. The Balaban J connectivity index is 3.13. The second-order valence-corrected chi connectivity index (χ2v) is 3.75. The summed E-state index contributed by atoms with van der Waals surface area (Å²) in [5, 5.41) is -0.223. The minimum absolute atomic E-state index is 0.223. The van der Waals surface area contributed by atoms with Gasteiger partial charge in [0.05, 0.1) is 0 Å². The van der Waals surface area contributed by atoms with E-state index in [1.807, 2.05) is 0 Å². The summed E-state index contributed by atoms with van der Waals surface area (Å²) in [5.74, 6) is 0. The van der Waals surface area contributed by atoms with Crippen LogP contribution in [0.1, 0.15) is 0 Å². The van der Waals surface area contributed by atoms with E-state index in [2.05, 4.69) is 0 Å². The summed E-state index contributed by atoms with van der Waals surface area (Å²) in [6.07, 6.45) is 1.78. The number of hydrogen-bond acceptors (Lipinski definition) is 1. The quantitative estimate of drug-likeness (QED) is 0.550. The van der Waals surface area contributed by atoms with Crippen molar-refractivity contribution < 1.29 is 12.9 Å². The van der Waals surface area contributed by atoms with Gasteiger partial charge in [-0.1, -0.05) is 29.2 Å². The first-order valence-electron chi connectivity index (χ1n) is 3.48. The van der Waals surface area contributed by atoms with Crippen LogP contribution >= 0.6 is 23.4 Å². The van der Waals surface area contributed by atoms with Crippen LogP contribution in [-0.4, -0.2) is 13.2 Å². The molecule has 0 spiro atoms. The van der Waals surface area contributed by atoms with E-state index in [-0.39, 0.29) is 5.02 Å². The lowest BCUT2D eigenvalue weighted by Gasteiger charge is -2.16. The van der Waals surface area contributed by atoms with Crippen molar-refractivity contribution in [3.05, 3.63) is 23.2 Å². The molecule has 0 saturated heterocycles. The highest BCUT2D eigenvalue weighted by atomic mass is 35.5. The highest BCUT2D eigenvalue weighted by Crippen LogP contribution is 2.21. The summed E-state index contributed by atoms with van der Waals surface area (Å²) < 4.78 is 36.8. The van der Waals surface area contributed by atoms with Gasteiger partial charge in [0.2, 0.25) is 0 Å². The summed E-state index contributed by atoms with van der Waals surface area (Å²) in [6, 6.07) is 3.77. The fourth-order valence-electron chi connectivity index (χ4n) is 0.900. The molecular formula is C7H6BClF3S-. The SMILES string of the molecule is CSc1ccc([B-](F)(F)F)c(Cl)c1. The number of halogens is 4. The maximum Gasteiger partial charge on any atom is 0.511 e. The van der Waals surface area contributed by atoms with Crippen molar-refractivity contribution in [1.82, 2.24) is 0 Å². The molecule has 0 N–H and O–H groups in total. The number of benzene rings is 1. The lowest BCUT2D eigenvalue weighted by Crippen LogP contribution is -2.34. The molecule has 0 heterocycles. The second-order valence-electron chi connectivity index (χ2n) is 2.46. The number of hydrogen-bond donors (Lipinski definition) is 0. The lowest BCUT2D eigenvalue weighted by atomic mass is 9.80. The average molecular weight is 225 g/mol. The van der Waals surface area contributed by atoms with Gasteiger partial charge >= 0.3 is 6.98 Å². The molecule has 1 aromatic rings. The predicted octanol–water partition coefficient (Wildman–Crippen LogP) is 3.12. The summed E-state index contributed by atoms with van der Waals surface area (Å²) >= 11 is 6.83. The van der Waals surface area contributed by atoms with Gasteiger partial charge in [-0.3, -0.25) is 0 Å². The zero-order valence-corrected chi connectivity index (χ0v) is 8.30. The van der Waals surface area contributed by atoms with Crippen LogP contribution in [0.25, 0.3) is 0 Å². The minimum Gasteiger partial charge on any atom is -0.445 e. The molecule has 0 aliphatic carbocycles. The normalized spacial score (nSPS) is 11.8. The zero-order chi connectivity index (χ0) is 10.1. The van der Waals surface area contributed by atoms with Gasteiger partial charge in [-0.15, -0.1) is 11.8 Å². The average Bonchev–Trinajstić information content (AvgIpc) is 2.01. The molecule has 0 saturated carbocycles. The first kappa shape index (κ1) is 10.8. The molecular weight excluding hydrogens is 219 g/mol. The molecule has 0 aliphatic heterocycles. The van der Waals surface area contributed by atoms with E-state index in [0.29, 0.717) is 0 Å². The van der Waals surface area contributed by atoms with Gasteiger partial charge in [0, 0.05) is 9.92 Å². The van der Waals surface area contributed by atoms with Gasteiger partial charge in [0.25, 0.3) is 0 Å². The zero-order valence-electron chi connectivity index (χ0n) is 6.73. The van der Waals surface area contributed by atoms with Crippen molar-refractivity contribution in [2.75, 3.05) is 6.26 Å². The first-order chi connectivity index (χ1) is 5.95. The molecule has 0 bridgehead atoms. The van der Waals surface area contributed by atoms with Crippen molar-refractivity contribution >= 4 is 35.8 Å². The van der Waals surface area contributed by atoms with Crippen LogP contribution in [0.2, 0.25) is 5.02 Å². The van der Waals surface area contributed by atoms with Crippen LogP contribution in [0.4, 0.5) is 12.9 Å². The topological polar surface area (TPSA) is 0 Å². The molecule has 0 aromatic heterocycles. The Morgan fingerprint density at radius 3 is 2.31 bits per heavy atom. The molecule has 13 heavy (non-hydrogen) atoms. The lowest BCUT2D eigenvalue weighted by molar-refractivity contribution is 0.501. The Bertz CT molecular complexity index is 313. The first-order valence-corrected chi connectivity index (χ1v) is 5.09. The van der Waals surface area contributed by atoms with E-state index in [1.165, 1.54) is 23.9 Å². The van der Waals surface area contributed by atoms with Crippen LogP contribution < -0.4 is 5.46 Å². The largest absolute Gasteiger partial charge is 0.511 e. The van der Waals surface area contributed by atoms with Gasteiger partial charge in [-0.05, 0) is 12.3 Å². The Labute approximate surface area is 83.5 Å². The van der Waals surface area contributed by atoms with E-state index in [0.717, 1.165) is 11.0 Å². The molecule has 0 amide bonds. The number of rotatable bonds is 2. The van der Waals surface area contributed by atoms with E-state index in [1.54, 1.807) is 6.26 Å². The van der Waals surface area contributed by atoms with E-state index in [4.69, 9.17) is 11.6 Å². The van der Waals surface area contributed by atoms with E-state index < -0.39 is 12.4 Å². The fourth-order valence-corrected chi connectivity index (χ4v) is 1.71. The van der Waals surface area contributed by atoms with Crippen molar-refractivity contribution in [2.45, 2.75) is 4.90 Å². The second kappa shape index (κ2) is 3.84. The summed E-state index contributed by atoms with van der Waals surface area (Å²) in [4.78, 5) is 0.730. The molecule has 0 radical (unpaired) electrons. The highest BCUT2D eigenvalue weighted by Gasteiger charge is 2.27. The summed E-state index contributed by atoms with van der Waals surface area (Å²) in [5.41, 5.74) is -0.723. The molecule has 0 fully saturated rings. The smallest absolute Gasteiger partial charge is 0.445 e. The van der Waals surface area contributed by atoms with E-state index >= 15 is 0 Å². The molecule has 72 valence electrons. The molecule has 6 heteroatoms. The maximum absolute atomic E-state index is 12.3. The summed E-state index contributed by atoms with van der Waals surface area (Å²) in [7, 11) is 0. The number of thioether (sulfide) groups is 1. The molecule has 0 atom stereocenters. The third-order valence-electron chi connectivity index (χ3n) is 1.56. The highest BCUT2D eigenvalue weighted by molar-refractivity contribution is 7.98.